The molecule has 1 saturated heterocycles. The number of thioether (sulfide) groups is 1. The smallest absolute Gasteiger partial charge is 0.157 e. The Morgan fingerprint density at radius 1 is 1.35 bits per heavy atom. The summed E-state index contributed by atoms with van der Waals surface area (Å²) in [5.41, 5.74) is 0.251. The number of rotatable bonds is 8. The van der Waals surface area contributed by atoms with Crippen LogP contribution in [0.15, 0.2) is 4.99 Å². The quantitative estimate of drug-likeness (QED) is 0.679. The van der Waals surface area contributed by atoms with Crippen LogP contribution in [0.2, 0.25) is 0 Å². The minimum absolute atomic E-state index is 0.251. The lowest BCUT2D eigenvalue weighted by molar-refractivity contribution is 0.130. The highest BCUT2D eigenvalue weighted by atomic mass is 32.2. The first-order valence-corrected chi connectivity index (χ1v) is 7.72. The lowest BCUT2D eigenvalue weighted by atomic mass is 10.0. The van der Waals surface area contributed by atoms with Crippen molar-refractivity contribution < 1.29 is 4.74 Å². The standard InChI is InChI=1S/C13H26N2OS/c1-4-6-9-16-10-7-8-14-12-15-13(3,5-2)11-17-12/h4-11H2,1-3H3,(H,14,15). The van der Waals surface area contributed by atoms with E-state index in [1.807, 2.05) is 11.8 Å². The van der Waals surface area contributed by atoms with Crippen LogP contribution < -0.4 is 5.32 Å². The third-order valence-corrected chi connectivity index (χ3v) is 4.35. The van der Waals surface area contributed by atoms with Gasteiger partial charge in [-0.25, -0.2) is 0 Å². The van der Waals surface area contributed by atoms with E-state index < -0.39 is 0 Å². The predicted molar refractivity (Wildman–Crippen MR) is 76.9 cm³/mol. The Morgan fingerprint density at radius 2 is 2.12 bits per heavy atom. The van der Waals surface area contributed by atoms with E-state index in [1.165, 1.54) is 12.8 Å². The van der Waals surface area contributed by atoms with Gasteiger partial charge in [0.2, 0.25) is 0 Å². The molecular weight excluding hydrogens is 232 g/mol. The summed E-state index contributed by atoms with van der Waals surface area (Å²) in [5.74, 6) is 1.13. The minimum Gasteiger partial charge on any atom is -0.381 e. The summed E-state index contributed by atoms with van der Waals surface area (Å²) >= 11 is 1.84. The number of hydrogen-bond acceptors (Lipinski definition) is 3. The number of nitrogens with one attached hydrogen (secondary N) is 1. The molecule has 0 aromatic carbocycles. The second-order valence-electron chi connectivity index (χ2n) is 4.83. The maximum atomic E-state index is 5.50. The molecule has 1 fully saturated rings. The van der Waals surface area contributed by atoms with E-state index in [1.54, 1.807) is 0 Å². The topological polar surface area (TPSA) is 33.6 Å². The molecule has 1 N–H and O–H groups in total. The van der Waals surface area contributed by atoms with Crippen LogP contribution >= 0.6 is 11.8 Å². The highest BCUT2D eigenvalue weighted by Gasteiger charge is 2.30. The lowest BCUT2D eigenvalue weighted by Gasteiger charge is -2.20. The van der Waals surface area contributed by atoms with Crippen molar-refractivity contribution in [1.29, 1.82) is 0 Å². The van der Waals surface area contributed by atoms with Gasteiger partial charge in [0.1, 0.15) is 0 Å². The van der Waals surface area contributed by atoms with Crippen molar-refractivity contribution in [1.82, 2.24) is 5.32 Å². The molecule has 0 spiro atoms. The van der Waals surface area contributed by atoms with Crippen LogP contribution in [0.1, 0.15) is 46.5 Å². The van der Waals surface area contributed by atoms with E-state index in [0.717, 1.165) is 43.5 Å². The van der Waals surface area contributed by atoms with E-state index in [9.17, 15) is 0 Å². The van der Waals surface area contributed by atoms with Gasteiger partial charge in [-0.1, -0.05) is 32.0 Å². The molecular formula is C13H26N2OS. The molecule has 0 radical (unpaired) electrons. The summed E-state index contributed by atoms with van der Waals surface area (Å²) in [5, 5.41) is 4.61. The largest absolute Gasteiger partial charge is 0.381 e. The highest BCUT2D eigenvalue weighted by molar-refractivity contribution is 8.14. The van der Waals surface area contributed by atoms with Crippen molar-refractivity contribution >= 4 is 16.9 Å². The van der Waals surface area contributed by atoms with Crippen molar-refractivity contribution in [3.63, 3.8) is 0 Å². The van der Waals surface area contributed by atoms with Crippen LogP contribution in [0.3, 0.4) is 0 Å². The SMILES string of the molecule is CCCCOCCCN=C1NC(C)(CC)CS1. The molecule has 1 unspecified atom stereocenters. The van der Waals surface area contributed by atoms with Crippen molar-refractivity contribution in [3.8, 4) is 0 Å². The fraction of sp³-hybridized carbons (Fsp3) is 0.923. The van der Waals surface area contributed by atoms with Gasteiger partial charge in [0.25, 0.3) is 0 Å². The molecule has 1 rings (SSSR count). The average molecular weight is 258 g/mol. The van der Waals surface area contributed by atoms with E-state index in [2.05, 4.69) is 31.1 Å². The summed E-state index contributed by atoms with van der Waals surface area (Å²) < 4.78 is 5.50. The molecule has 1 heterocycles. The zero-order valence-corrected chi connectivity index (χ0v) is 12.2. The van der Waals surface area contributed by atoms with E-state index in [4.69, 9.17) is 4.74 Å². The molecule has 4 heteroatoms. The molecule has 0 aromatic rings. The van der Waals surface area contributed by atoms with Crippen molar-refractivity contribution in [2.45, 2.75) is 52.0 Å². The third kappa shape index (κ3) is 5.77. The Hall–Kier alpha value is -0.220. The summed E-state index contributed by atoms with van der Waals surface area (Å²) in [6, 6.07) is 0. The number of nitrogens with zero attached hydrogens (tertiary/aromatic N) is 1. The number of aliphatic imine (C=N–C) groups is 1. The third-order valence-electron chi connectivity index (χ3n) is 3.06. The molecule has 0 saturated carbocycles. The Labute approximate surface area is 110 Å². The van der Waals surface area contributed by atoms with Crippen LogP contribution in [-0.4, -0.2) is 36.2 Å². The number of hydrogen-bond donors (Lipinski definition) is 1. The van der Waals surface area contributed by atoms with Gasteiger partial charge in [-0.05, 0) is 26.2 Å². The van der Waals surface area contributed by atoms with Gasteiger partial charge in [-0.2, -0.15) is 0 Å². The van der Waals surface area contributed by atoms with Crippen molar-refractivity contribution in [3.05, 3.63) is 0 Å². The molecule has 0 aromatic heterocycles. The Kier molecular flexibility index (Phi) is 6.97. The molecule has 0 amide bonds. The van der Waals surface area contributed by atoms with E-state index in [0.29, 0.717) is 0 Å². The van der Waals surface area contributed by atoms with Crippen LogP contribution in [0.25, 0.3) is 0 Å². The monoisotopic (exact) mass is 258 g/mol. The first-order valence-electron chi connectivity index (χ1n) is 6.73. The number of ether oxygens (including phenoxy) is 1. The predicted octanol–water partition coefficient (Wildman–Crippen LogP) is 3.05. The van der Waals surface area contributed by atoms with Gasteiger partial charge in [0.15, 0.2) is 5.17 Å². The molecule has 0 aliphatic carbocycles. The summed E-state index contributed by atoms with van der Waals surface area (Å²) in [6.45, 7) is 9.28. The van der Waals surface area contributed by atoms with Gasteiger partial charge < -0.3 is 10.1 Å². The molecule has 3 nitrogen and oxygen atoms in total. The van der Waals surface area contributed by atoms with Gasteiger partial charge in [0.05, 0.1) is 0 Å². The maximum absolute atomic E-state index is 5.50. The number of amidine groups is 1. The zero-order valence-electron chi connectivity index (χ0n) is 11.4. The summed E-state index contributed by atoms with van der Waals surface area (Å²) in [7, 11) is 0. The van der Waals surface area contributed by atoms with Gasteiger partial charge in [0, 0.05) is 31.1 Å². The van der Waals surface area contributed by atoms with Crippen LogP contribution in [0, 0.1) is 0 Å². The molecule has 17 heavy (non-hydrogen) atoms. The van der Waals surface area contributed by atoms with Crippen molar-refractivity contribution in [2.24, 2.45) is 4.99 Å². The molecule has 100 valence electrons. The number of unbranched alkanes of at least 4 members (excludes halogenated alkanes) is 1. The summed E-state index contributed by atoms with van der Waals surface area (Å²) in [6.07, 6.45) is 4.55. The van der Waals surface area contributed by atoms with Crippen LogP contribution in [0.4, 0.5) is 0 Å². The Morgan fingerprint density at radius 3 is 2.76 bits per heavy atom. The van der Waals surface area contributed by atoms with Crippen LogP contribution in [0.5, 0.6) is 0 Å². The fourth-order valence-corrected chi connectivity index (χ4v) is 2.76. The Balaban J connectivity index is 2.06. The zero-order chi connectivity index (χ0) is 12.6. The van der Waals surface area contributed by atoms with Gasteiger partial charge in [-0.15, -0.1) is 0 Å². The summed E-state index contributed by atoms with van der Waals surface area (Å²) in [4.78, 5) is 4.57. The molecule has 1 aliphatic rings. The first-order chi connectivity index (χ1) is 8.20. The lowest BCUT2D eigenvalue weighted by Crippen LogP contribution is -2.39. The van der Waals surface area contributed by atoms with E-state index in [-0.39, 0.29) is 5.54 Å². The fourth-order valence-electron chi connectivity index (χ4n) is 1.53. The maximum Gasteiger partial charge on any atom is 0.157 e. The average Bonchev–Trinajstić information content (AvgIpc) is 2.71. The van der Waals surface area contributed by atoms with Gasteiger partial charge >= 0.3 is 0 Å². The van der Waals surface area contributed by atoms with Crippen molar-refractivity contribution in [2.75, 3.05) is 25.5 Å². The van der Waals surface area contributed by atoms with E-state index >= 15 is 0 Å². The Bertz CT molecular complexity index is 246. The molecule has 1 aliphatic heterocycles. The van der Waals surface area contributed by atoms with Gasteiger partial charge in [-0.3, -0.25) is 4.99 Å². The minimum atomic E-state index is 0.251. The normalized spacial score (nSPS) is 26.4. The highest BCUT2D eigenvalue weighted by Crippen LogP contribution is 2.25. The first kappa shape index (κ1) is 14.8. The molecule has 0 bridgehead atoms. The molecule has 1 atom stereocenters. The van der Waals surface area contributed by atoms with Crippen LogP contribution in [-0.2, 0) is 4.74 Å². The second-order valence-corrected chi connectivity index (χ2v) is 5.80. The second kappa shape index (κ2) is 7.98.